The Bertz CT molecular complexity index is 1190. The van der Waals surface area contributed by atoms with Crippen LogP contribution in [0.25, 0.3) is 11.3 Å². The van der Waals surface area contributed by atoms with Crippen molar-refractivity contribution in [3.8, 4) is 11.3 Å². The van der Waals surface area contributed by atoms with Crippen molar-refractivity contribution in [2.75, 3.05) is 10.6 Å². The molecule has 2 aromatic carbocycles. The van der Waals surface area contributed by atoms with Crippen LogP contribution in [-0.2, 0) is 16.1 Å². The van der Waals surface area contributed by atoms with E-state index >= 15 is 0 Å². The molecule has 2 amide bonds. The van der Waals surface area contributed by atoms with Crippen LogP contribution in [0.1, 0.15) is 24.5 Å². The predicted octanol–water partition coefficient (Wildman–Crippen LogP) is 4.17. The van der Waals surface area contributed by atoms with Gasteiger partial charge in [0.15, 0.2) is 0 Å². The SMILES string of the molecule is CCC(=O)Nc1cc(-c2ccc(C)cc2)nn(CC(=O)Nc2cccc(Cl)c2C)c1=O. The smallest absolute Gasteiger partial charge is 0.291 e. The van der Waals surface area contributed by atoms with Gasteiger partial charge in [0.1, 0.15) is 12.2 Å². The second-order valence-corrected chi connectivity index (χ2v) is 7.54. The van der Waals surface area contributed by atoms with E-state index < -0.39 is 11.5 Å². The van der Waals surface area contributed by atoms with E-state index in [1.807, 2.05) is 31.2 Å². The van der Waals surface area contributed by atoms with Gasteiger partial charge in [0.25, 0.3) is 5.56 Å². The zero-order valence-corrected chi connectivity index (χ0v) is 18.3. The summed E-state index contributed by atoms with van der Waals surface area (Å²) in [5.74, 6) is -0.738. The standard InChI is InChI=1S/C23H23ClN4O3/c1-4-21(29)26-20-12-19(16-10-8-14(2)9-11-16)27-28(23(20)31)13-22(30)25-18-7-5-6-17(24)15(18)3/h5-12H,4,13H2,1-3H3,(H,25,30)(H,26,29). The first kappa shape index (κ1) is 22.2. The van der Waals surface area contributed by atoms with E-state index in [1.165, 1.54) is 6.07 Å². The fraction of sp³-hybridized carbons (Fsp3) is 0.217. The summed E-state index contributed by atoms with van der Waals surface area (Å²) in [5, 5.41) is 10.2. The summed E-state index contributed by atoms with van der Waals surface area (Å²) < 4.78 is 1.05. The number of rotatable bonds is 6. The number of nitrogens with zero attached hydrogens (tertiary/aromatic N) is 2. The van der Waals surface area contributed by atoms with Crippen LogP contribution in [-0.4, -0.2) is 21.6 Å². The van der Waals surface area contributed by atoms with E-state index in [9.17, 15) is 14.4 Å². The summed E-state index contributed by atoms with van der Waals surface area (Å²) in [5.41, 5.74) is 3.10. The molecule has 7 nitrogen and oxygen atoms in total. The molecule has 3 rings (SSSR count). The lowest BCUT2D eigenvalue weighted by molar-refractivity contribution is -0.117. The van der Waals surface area contributed by atoms with Crippen molar-refractivity contribution in [1.82, 2.24) is 9.78 Å². The van der Waals surface area contributed by atoms with Crippen molar-refractivity contribution in [3.63, 3.8) is 0 Å². The summed E-state index contributed by atoms with van der Waals surface area (Å²) in [6, 6.07) is 14.3. The van der Waals surface area contributed by atoms with Crippen LogP contribution < -0.4 is 16.2 Å². The highest BCUT2D eigenvalue weighted by Gasteiger charge is 2.15. The lowest BCUT2D eigenvalue weighted by Crippen LogP contribution is -2.32. The molecule has 0 bridgehead atoms. The topological polar surface area (TPSA) is 93.1 Å². The number of anilines is 2. The molecule has 8 heteroatoms. The van der Waals surface area contributed by atoms with Crippen LogP contribution >= 0.6 is 11.6 Å². The van der Waals surface area contributed by atoms with Gasteiger partial charge in [-0.1, -0.05) is 54.4 Å². The normalized spacial score (nSPS) is 10.6. The van der Waals surface area contributed by atoms with Gasteiger partial charge in [0.2, 0.25) is 11.8 Å². The lowest BCUT2D eigenvalue weighted by Gasteiger charge is -2.13. The fourth-order valence-corrected chi connectivity index (χ4v) is 3.09. The zero-order valence-electron chi connectivity index (χ0n) is 17.5. The van der Waals surface area contributed by atoms with Crippen LogP contribution in [0.5, 0.6) is 0 Å². The van der Waals surface area contributed by atoms with Crippen LogP contribution in [0.2, 0.25) is 5.02 Å². The molecule has 0 saturated carbocycles. The van der Waals surface area contributed by atoms with Gasteiger partial charge in [-0.3, -0.25) is 14.4 Å². The molecule has 0 radical (unpaired) electrons. The molecule has 0 unspecified atom stereocenters. The van der Waals surface area contributed by atoms with Gasteiger partial charge in [-0.15, -0.1) is 0 Å². The summed E-state index contributed by atoms with van der Waals surface area (Å²) in [7, 11) is 0. The third-order valence-corrected chi connectivity index (χ3v) is 5.16. The summed E-state index contributed by atoms with van der Waals surface area (Å²) >= 11 is 6.11. The predicted molar refractivity (Wildman–Crippen MR) is 122 cm³/mol. The molecule has 0 aliphatic carbocycles. The van der Waals surface area contributed by atoms with Crippen LogP contribution in [0.3, 0.4) is 0 Å². The van der Waals surface area contributed by atoms with Gasteiger partial charge < -0.3 is 10.6 Å². The second-order valence-electron chi connectivity index (χ2n) is 7.13. The Balaban J connectivity index is 1.96. The molecule has 160 valence electrons. The van der Waals surface area contributed by atoms with Crippen LogP contribution in [0, 0.1) is 13.8 Å². The molecule has 31 heavy (non-hydrogen) atoms. The maximum absolute atomic E-state index is 12.9. The van der Waals surface area contributed by atoms with Crippen molar-refractivity contribution < 1.29 is 9.59 Å². The van der Waals surface area contributed by atoms with E-state index in [0.29, 0.717) is 16.4 Å². The molecule has 2 N–H and O–H groups in total. The molecule has 0 fully saturated rings. The molecular formula is C23H23ClN4O3. The molecule has 0 spiro atoms. The minimum absolute atomic E-state index is 0.0733. The van der Waals surface area contributed by atoms with E-state index in [2.05, 4.69) is 15.7 Å². The Hall–Kier alpha value is -3.45. The fourth-order valence-electron chi connectivity index (χ4n) is 2.91. The van der Waals surface area contributed by atoms with E-state index in [-0.39, 0.29) is 24.6 Å². The highest BCUT2D eigenvalue weighted by atomic mass is 35.5. The number of hydrogen-bond donors (Lipinski definition) is 2. The number of amides is 2. The van der Waals surface area contributed by atoms with Gasteiger partial charge in [0, 0.05) is 22.7 Å². The summed E-state index contributed by atoms with van der Waals surface area (Å²) in [4.78, 5) is 37.4. The number of carbonyl (C=O) groups is 2. The van der Waals surface area contributed by atoms with Crippen molar-refractivity contribution in [2.24, 2.45) is 0 Å². The zero-order chi connectivity index (χ0) is 22.5. The van der Waals surface area contributed by atoms with Crippen LogP contribution in [0.15, 0.2) is 53.3 Å². The maximum Gasteiger partial charge on any atom is 0.291 e. The Kier molecular flexibility index (Phi) is 6.87. The Morgan fingerprint density at radius 1 is 1.00 bits per heavy atom. The van der Waals surface area contributed by atoms with Gasteiger partial charge in [-0.25, -0.2) is 4.68 Å². The monoisotopic (exact) mass is 438 g/mol. The number of aromatic nitrogens is 2. The maximum atomic E-state index is 12.9. The number of benzene rings is 2. The number of aryl methyl sites for hydroxylation is 1. The van der Waals surface area contributed by atoms with Crippen molar-refractivity contribution in [3.05, 3.63) is 75.0 Å². The largest absolute Gasteiger partial charge is 0.324 e. The van der Waals surface area contributed by atoms with Gasteiger partial charge >= 0.3 is 0 Å². The number of hydrogen-bond acceptors (Lipinski definition) is 4. The number of nitrogens with one attached hydrogen (secondary N) is 2. The number of halogens is 1. The molecular weight excluding hydrogens is 416 g/mol. The van der Waals surface area contributed by atoms with Gasteiger partial charge in [-0.2, -0.15) is 5.10 Å². The van der Waals surface area contributed by atoms with Gasteiger partial charge in [0.05, 0.1) is 5.69 Å². The highest BCUT2D eigenvalue weighted by molar-refractivity contribution is 6.31. The molecule has 1 aromatic heterocycles. The second kappa shape index (κ2) is 9.57. The first-order valence-corrected chi connectivity index (χ1v) is 10.2. The number of carbonyl (C=O) groups excluding carboxylic acids is 2. The molecule has 0 atom stereocenters. The Labute approximate surface area is 185 Å². The highest BCUT2D eigenvalue weighted by Crippen LogP contribution is 2.23. The first-order valence-electron chi connectivity index (χ1n) is 9.82. The van der Waals surface area contributed by atoms with Crippen molar-refractivity contribution >= 4 is 34.8 Å². The molecule has 3 aromatic rings. The minimum atomic E-state index is -0.560. The quantitative estimate of drug-likeness (QED) is 0.604. The Morgan fingerprint density at radius 3 is 2.35 bits per heavy atom. The third-order valence-electron chi connectivity index (χ3n) is 4.75. The van der Waals surface area contributed by atoms with E-state index in [0.717, 1.165) is 21.4 Å². The summed E-state index contributed by atoms with van der Waals surface area (Å²) in [6.07, 6.45) is 0.218. The van der Waals surface area contributed by atoms with Gasteiger partial charge in [-0.05, 0) is 37.6 Å². The molecule has 0 saturated heterocycles. The Morgan fingerprint density at radius 2 is 1.68 bits per heavy atom. The molecule has 0 aliphatic heterocycles. The third kappa shape index (κ3) is 5.38. The average molecular weight is 439 g/mol. The lowest BCUT2D eigenvalue weighted by atomic mass is 10.1. The van der Waals surface area contributed by atoms with E-state index in [4.69, 9.17) is 11.6 Å². The first-order chi connectivity index (χ1) is 14.8. The van der Waals surface area contributed by atoms with Crippen LogP contribution in [0.4, 0.5) is 11.4 Å². The van der Waals surface area contributed by atoms with E-state index in [1.54, 1.807) is 32.0 Å². The van der Waals surface area contributed by atoms with Crippen molar-refractivity contribution in [2.45, 2.75) is 33.7 Å². The van der Waals surface area contributed by atoms with Crippen molar-refractivity contribution in [1.29, 1.82) is 0 Å². The molecule has 0 aliphatic rings. The summed E-state index contributed by atoms with van der Waals surface area (Å²) in [6.45, 7) is 5.13. The average Bonchev–Trinajstić information content (AvgIpc) is 2.74. The minimum Gasteiger partial charge on any atom is -0.324 e. The molecule has 1 heterocycles.